The minimum absolute atomic E-state index is 0.631. The maximum absolute atomic E-state index is 6.30. The van der Waals surface area contributed by atoms with Gasteiger partial charge in [-0.15, -0.1) is 0 Å². The molecule has 2 saturated heterocycles. The summed E-state index contributed by atoms with van der Waals surface area (Å²) in [7, 11) is 0. The minimum Gasteiger partial charge on any atom is -0.365 e. The Hall–Kier alpha value is -0.730. The van der Waals surface area contributed by atoms with Crippen molar-refractivity contribution in [3.63, 3.8) is 0 Å². The summed E-state index contributed by atoms with van der Waals surface area (Å²) in [5.74, 6) is 0. The third-order valence-corrected chi connectivity index (χ3v) is 5.22. The highest BCUT2D eigenvalue weighted by atomic mass is 35.5. The summed E-state index contributed by atoms with van der Waals surface area (Å²) in [4.78, 5) is 5.29. The molecule has 2 atom stereocenters. The van der Waals surface area contributed by atoms with Crippen LogP contribution in [-0.4, -0.2) is 36.6 Å². The SMILES string of the molecule is CCC1CN2CCCC2CN1c1cccc(Cl)c1C. The average Bonchev–Trinajstić information content (AvgIpc) is 2.87. The second kappa shape index (κ2) is 5.34. The van der Waals surface area contributed by atoms with Gasteiger partial charge in [-0.3, -0.25) is 4.90 Å². The molecule has 0 N–H and O–H groups in total. The number of hydrogen-bond acceptors (Lipinski definition) is 2. The third kappa shape index (κ3) is 2.36. The van der Waals surface area contributed by atoms with E-state index in [4.69, 9.17) is 11.6 Å². The van der Waals surface area contributed by atoms with Crippen LogP contribution in [0.1, 0.15) is 31.7 Å². The Morgan fingerprint density at radius 1 is 1.32 bits per heavy atom. The van der Waals surface area contributed by atoms with E-state index >= 15 is 0 Å². The van der Waals surface area contributed by atoms with Crippen LogP contribution in [0, 0.1) is 6.92 Å². The molecule has 2 aliphatic rings. The van der Waals surface area contributed by atoms with E-state index in [-0.39, 0.29) is 0 Å². The van der Waals surface area contributed by atoms with Crippen LogP contribution in [0.3, 0.4) is 0 Å². The van der Waals surface area contributed by atoms with Gasteiger partial charge in [0.25, 0.3) is 0 Å². The first-order valence-electron chi connectivity index (χ1n) is 7.46. The first-order valence-corrected chi connectivity index (χ1v) is 7.84. The summed E-state index contributed by atoms with van der Waals surface area (Å²) in [5.41, 5.74) is 2.57. The smallest absolute Gasteiger partial charge is 0.0455 e. The van der Waals surface area contributed by atoms with Crippen molar-refractivity contribution in [3.05, 3.63) is 28.8 Å². The number of halogens is 1. The second-order valence-electron chi connectivity index (χ2n) is 5.89. The van der Waals surface area contributed by atoms with Crippen LogP contribution in [0.5, 0.6) is 0 Å². The molecule has 1 aromatic rings. The Balaban J connectivity index is 1.91. The first-order chi connectivity index (χ1) is 9.20. The predicted octanol–water partition coefficient (Wildman–Crippen LogP) is 3.71. The Bertz CT molecular complexity index is 460. The molecule has 2 fully saturated rings. The molecule has 2 heterocycles. The van der Waals surface area contributed by atoms with E-state index in [1.165, 1.54) is 50.1 Å². The maximum atomic E-state index is 6.30. The zero-order valence-electron chi connectivity index (χ0n) is 11.9. The van der Waals surface area contributed by atoms with Crippen molar-refractivity contribution in [1.29, 1.82) is 0 Å². The number of anilines is 1. The van der Waals surface area contributed by atoms with Crippen LogP contribution in [0.4, 0.5) is 5.69 Å². The molecule has 19 heavy (non-hydrogen) atoms. The van der Waals surface area contributed by atoms with E-state index in [1.54, 1.807) is 0 Å². The Morgan fingerprint density at radius 3 is 2.95 bits per heavy atom. The molecule has 0 radical (unpaired) electrons. The van der Waals surface area contributed by atoms with Crippen LogP contribution >= 0.6 is 11.6 Å². The number of hydrogen-bond donors (Lipinski definition) is 0. The van der Waals surface area contributed by atoms with Crippen LogP contribution in [-0.2, 0) is 0 Å². The Labute approximate surface area is 121 Å². The molecule has 0 aliphatic carbocycles. The summed E-state index contributed by atoms with van der Waals surface area (Å²) in [5, 5.41) is 0.890. The molecular weight excluding hydrogens is 256 g/mol. The summed E-state index contributed by atoms with van der Waals surface area (Å²) >= 11 is 6.30. The van der Waals surface area contributed by atoms with Crippen molar-refractivity contribution in [3.8, 4) is 0 Å². The molecular formula is C16H23ClN2. The third-order valence-electron chi connectivity index (χ3n) is 4.81. The fourth-order valence-electron chi connectivity index (χ4n) is 3.64. The summed E-state index contributed by atoms with van der Waals surface area (Å²) in [6.07, 6.45) is 3.92. The summed E-state index contributed by atoms with van der Waals surface area (Å²) in [6.45, 7) is 8.12. The number of piperazine rings is 1. The fraction of sp³-hybridized carbons (Fsp3) is 0.625. The van der Waals surface area contributed by atoms with Crippen LogP contribution in [0.15, 0.2) is 18.2 Å². The van der Waals surface area contributed by atoms with Crippen molar-refractivity contribution in [2.24, 2.45) is 0 Å². The van der Waals surface area contributed by atoms with Gasteiger partial charge < -0.3 is 4.90 Å². The lowest BCUT2D eigenvalue weighted by atomic mass is 10.0. The highest BCUT2D eigenvalue weighted by Gasteiger charge is 2.36. The van der Waals surface area contributed by atoms with Crippen molar-refractivity contribution >= 4 is 17.3 Å². The van der Waals surface area contributed by atoms with Crippen molar-refractivity contribution < 1.29 is 0 Å². The molecule has 0 aromatic heterocycles. The average molecular weight is 279 g/mol. The zero-order chi connectivity index (χ0) is 13.4. The largest absolute Gasteiger partial charge is 0.365 e. The standard InChI is InChI=1S/C16H23ClN2/c1-3-13-10-18-9-5-6-14(18)11-19(13)16-8-4-7-15(17)12(16)2/h4,7-8,13-14H,3,5-6,9-11H2,1-2H3. The number of benzene rings is 1. The molecule has 2 nitrogen and oxygen atoms in total. The lowest BCUT2D eigenvalue weighted by Gasteiger charge is -2.45. The van der Waals surface area contributed by atoms with E-state index in [1.807, 2.05) is 6.07 Å². The predicted molar refractivity (Wildman–Crippen MR) is 82.2 cm³/mol. The van der Waals surface area contributed by atoms with Gasteiger partial charge in [0.05, 0.1) is 0 Å². The van der Waals surface area contributed by atoms with E-state index in [9.17, 15) is 0 Å². The number of rotatable bonds is 2. The topological polar surface area (TPSA) is 6.48 Å². The van der Waals surface area contributed by atoms with Gasteiger partial charge in [-0.1, -0.05) is 24.6 Å². The lowest BCUT2D eigenvalue weighted by Crippen LogP contribution is -2.56. The molecule has 3 heteroatoms. The molecule has 0 bridgehead atoms. The van der Waals surface area contributed by atoms with Crippen molar-refractivity contribution in [2.45, 2.75) is 45.2 Å². The summed E-state index contributed by atoms with van der Waals surface area (Å²) < 4.78 is 0. The highest BCUT2D eigenvalue weighted by Crippen LogP contribution is 2.33. The molecule has 3 rings (SSSR count). The Morgan fingerprint density at radius 2 is 2.16 bits per heavy atom. The van der Waals surface area contributed by atoms with Gasteiger partial charge in [0, 0.05) is 35.9 Å². The van der Waals surface area contributed by atoms with Gasteiger partial charge in [-0.05, 0) is 50.4 Å². The van der Waals surface area contributed by atoms with Crippen LogP contribution < -0.4 is 4.90 Å². The second-order valence-corrected chi connectivity index (χ2v) is 6.30. The monoisotopic (exact) mass is 278 g/mol. The van der Waals surface area contributed by atoms with Crippen LogP contribution in [0.25, 0.3) is 0 Å². The quantitative estimate of drug-likeness (QED) is 0.814. The van der Waals surface area contributed by atoms with E-state index < -0.39 is 0 Å². The van der Waals surface area contributed by atoms with Gasteiger partial charge in [0.15, 0.2) is 0 Å². The molecule has 0 spiro atoms. The fourth-order valence-corrected chi connectivity index (χ4v) is 3.81. The molecule has 104 valence electrons. The zero-order valence-corrected chi connectivity index (χ0v) is 12.7. The van der Waals surface area contributed by atoms with Crippen molar-refractivity contribution in [2.75, 3.05) is 24.5 Å². The van der Waals surface area contributed by atoms with E-state index in [2.05, 4.69) is 35.8 Å². The van der Waals surface area contributed by atoms with Gasteiger partial charge in [0.1, 0.15) is 0 Å². The molecule has 0 amide bonds. The highest BCUT2D eigenvalue weighted by molar-refractivity contribution is 6.31. The number of nitrogens with zero attached hydrogens (tertiary/aromatic N) is 2. The normalized spacial score (nSPS) is 27.6. The lowest BCUT2D eigenvalue weighted by molar-refractivity contribution is 0.194. The maximum Gasteiger partial charge on any atom is 0.0455 e. The van der Waals surface area contributed by atoms with E-state index in [0.29, 0.717) is 6.04 Å². The number of fused-ring (bicyclic) bond motifs is 1. The molecule has 2 aliphatic heterocycles. The van der Waals surface area contributed by atoms with Gasteiger partial charge in [0.2, 0.25) is 0 Å². The molecule has 1 aromatic carbocycles. The van der Waals surface area contributed by atoms with E-state index in [0.717, 1.165) is 11.1 Å². The van der Waals surface area contributed by atoms with Crippen LogP contribution in [0.2, 0.25) is 5.02 Å². The van der Waals surface area contributed by atoms with Gasteiger partial charge in [-0.25, -0.2) is 0 Å². The molecule has 0 saturated carbocycles. The Kier molecular flexibility index (Phi) is 3.72. The van der Waals surface area contributed by atoms with Gasteiger partial charge in [-0.2, -0.15) is 0 Å². The molecule has 2 unspecified atom stereocenters. The minimum atomic E-state index is 0.631. The summed E-state index contributed by atoms with van der Waals surface area (Å²) in [6, 6.07) is 7.69. The first kappa shape index (κ1) is 13.3. The van der Waals surface area contributed by atoms with Crippen molar-refractivity contribution in [1.82, 2.24) is 4.90 Å². The van der Waals surface area contributed by atoms with Gasteiger partial charge >= 0.3 is 0 Å².